The van der Waals surface area contributed by atoms with Gasteiger partial charge in [-0.3, -0.25) is 4.79 Å². The molecule has 6 heteroatoms. The molecule has 100 valence electrons. The summed E-state index contributed by atoms with van der Waals surface area (Å²) >= 11 is 1.69. The number of carbonyl (C=O) groups is 1. The average Bonchev–Trinajstić information content (AvgIpc) is 2.75. The standard InChI is InChI=1S/C12H19N3O2S/c1-10-13-4-6-14(10)5-2-3-11(16)15-7-8-18-9-12(15)17/h4,6,12,17H,2-3,5,7-9H2,1H3. The zero-order chi connectivity index (χ0) is 13.0. The Morgan fingerprint density at radius 3 is 3.17 bits per heavy atom. The summed E-state index contributed by atoms with van der Waals surface area (Å²) in [5.74, 6) is 2.58. The number of hydrogen-bond donors (Lipinski definition) is 1. The quantitative estimate of drug-likeness (QED) is 0.881. The molecule has 0 saturated carbocycles. The Morgan fingerprint density at radius 1 is 1.67 bits per heavy atom. The number of aryl methyl sites for hydroxylation is 2. The molecule has 2 heterocycles. The number of thioether (sulfide) groups is 1. The molecule has 1 unspecified atom stereocenters. The fourth-order valence-corrected chi connectivity index (χ4v) is 2.95. The van der Waals surface area contributed by atoms with Crippen LogP contribution in [0, 0.1) is 6.92 Å². The van der Waals surface area contributed by atoms with Gasteiger partial charge in [0.1, 0.15) is 12.1 Å². The first-order chi connectivity index (χ1) is 8.68. The van der Waals surface area contributed by atoms with Crippen LogP contribution in [0.3, 0.4) is 0 Å². The topological polar surface area (TPSA) is 58.4 Å². The van der Waals surface area contributed by atoms with Crippen molar-refractivity contribution >= 4 is 17.7 Å². The largest absolute Gasteiger partial charge is 0.373 e. The van der Waals surface area contributed by atoms with Gasteiger partial charge in [-0.25, -0.2) is 4.98 Å². The van der Waals surface area contributed by atoms with Crippen LogP contribution in [0.2, 0.25) is 0 Å². The Morgan fingerprint density at radius 2 is 2.50 bits per heavy atom. The number of aliphatic hydroxyl groups is 1. The Kier molecular flexibility index (Phi) is 4.66. The number of carbonyl (C=O) groups excluding carboxylic acids is 1. The molecule has 0 radical (unpaired) electrons. The molecule has 2 rings (SSSR count). The van der Waals surface area contributed by atoms with Gasteiger partial charge in [0.05, 0.1) is 0 Å². The summed E-state index contributed by atoms with van der Waals surface area (Å²) in [6.07, 6.45) is 4.35. The van der Waals surface area contributed by atoms with E-state index in [9.17, 15) is 9.90 Å². The van der Waals surface area contributed by atoms with Gasteiger partial charge in [0, 0.05) is 43.4 Å². The second-order valence-electron chi connectivity index (χ2n) is 4.41. The minimum atomic E-state index is -0.605. The zero-order valence-electron chi connectivity index (χ0n) is 10.6. The van der Waals surface area contributed by atoms with E-state index in [2.05, 4.69) is 4.98 Å². The third kappa shape index (κ3) is 3.26. The van der Waals surface area contributed by atoms with Crippen molar-refractivity contribution in [1.29, 1.82) is 0 Å². The van der Waals surface area contributed by atoms with Crippen LogP contribution in [0.1, 0.15) is 18.7 Å². The maximum atomic E-state index is 12.0. The van der Waals surface area contributed by atoms with Gasteiger partial charge in [0.2, 0.25) is 5.91 Å². The SMILES string of the molecule is Cc1nccn1CCCC(=O)N1CCSCC1O. The smallest absolute Gasteiger partial charge is 0.224 e. The predicted molar refractivity (Wildman–Crippen MR) is 71.2 cm³/mol. The molecule has 1 saturated heterocycles. The van der Waals surface area contributed by atoms with Gasteiger partial charge < -0.3 is 14.6 Å². The molecule has 0 aromatic carbocycles. The van der Waals surface area contributed by atoms with Crippen molar-refractivity contribution in [1.82, 2.24) is 14.5 Å². The molecule has 18 heavy (non-hydrogen) atoms. The van der Waals surface area contributed by atoms with E-state index < -0.39 is 6.23 Å². The molecule has 1 N–H and O–H groups in total. The lowest BCUT2D eigenvalue weighted by atomic mass is 10.2. The summed E-state index contributed by atoms with van der Waals surface area (Å²) in [5.41, 5.74) is 0. The van der Waals surface area contributed by atoms with Crippen LogP contribution < -0.4 is 0 Å². The van der Waals surface area contributed by atoms with Crippen molar-refractivity contribution in [2.24, 2.45) is 0 Å². The zero-order valence-corrected chi connectivity index (χ0v) is 11.4. The molecule has 0 bridgehead atoms. The Balaban J connectivity index is 1.76. The van der Waals surface area contributed by atoms with E-state index in [-0.39, 0.29) is 5.91 Å². The maximum Gasteiger partial charge on any atom is 0.224 e. The lowest BCUT2D eigenvalue weighted by molar-refractivity contribution is -0.139. The van der Waals surface area contributed by atoms with Crippen molar-refractivity contribution in [3.05, 3.63) is 18.2 Å². The molecule has 1 aliphatic rings. The summed E-state index contributed by atoms with van der Waals surface area (Å²) in [6.45, 7) is 3.42. The Bertz CT molecular complexity index is 408. The molecule has 0 aliphatic carbocycles. The van der Waals surface area contributed by atoms with E-state index in [1.807, 2.05) is 17.7 Å². The van der Waals surface area contributed by atoms with Crippen LogP contribution in [0.25, 0.3) is 0 Å². The van der Waals surface area contributed by atoms with Crippen molar-refractivity contribution in [2.45, 2.75) is 32.5 Å². The number of aliphatic hydroxyl groups excluding tert-OH is 1. The Hall–Kier alpha value is -1.01. The first kappa shape index (κ1) is 13.4. The van der Waals surface area contributed by atoms with Crippen molar-refractivity contribution in [2.75, 3.05) is 18.1 Å². The number of aromatic nitrogens is 2. The summed E-state index contributed by atoms with van der Waals surface area (Å²) in [4.78, 5) is 17.7. The molecule has 1 fully saturated rings. The first-order valence-electron chi connectivity index (χ1n) is 6.21. The maximum absolute atomic E-state index is 12.0. The highest BCUT2D eigenvalue weighted by Gasteiger charge is 2.24. The average molecular weight is 269 g/mol. The van der Waals surface area contributed by atoms with Gasteiger partial charge in [-0.2, -0.15) is 11.8 Å². The third-order valence-corrected chi connectivity index (χ3v) is 4.14. The molecule has 1 aromatic rings. The monoisotopic (exact) mass is 269 g/mol. The van der Waals surface area contributed by atoms with Crippen LogP contribution in [0.15, 0.2) is 12.4 Å². The van der Waals surface area contributed by atoms with Gasteiger partial charge >= 0.3 is 0 Å². The van der Waals surface area contributed by atoms with Crippen molar-refractivity contribution in [3.63, 3.8) is 0 Å². The summed E-state index contributed by atoms with van der Waals surface area (Å²) in [7, 11) is 0. The number of nitrogens with zero attached hydrogens (tertiary/aromatic N) is 3. The number of imidazole rings is 1. The third-order valence-electron chi connectivity index (χ3n) is 3.14. The fourth-order valence-electron chi connectivity index (χ4n) is 2.07. The lowest BCUT2D eigenvalue weighted by Gasteiger charge is -2.31. The van der Waals surface area contributed by atoms with Gasteiger partial charge in [-0.05, 0) is 13.3 Å². The second-order valence-corrected chi connectivity index (χ2v) is 5.56. The molecule has 1 aromatic heterocycles. The van der Waals surface area contributed by atoms with Crippen molar-refractivity contribution in [3.8, 4) is 0 Å². The predicted octanol–water partition coefficient (Wildman–Crippen LogP) is 0.866. The molecular weight excluding hydrogens is 250 g/mol. The number of rotatable bonds is 4. The minimum Gasteiger partial charge on any atom is -0.373 e. The molecule has 1 aliphatic heterocycles. The van der Waals surface area contributed by atoms with E-state index in [1.54, 1.807) is 22.9 Å². The van der Waals surface area contributed by atoms with Crippen LogP contribution in [-0.2, 0) is 11.3 Å². The highest BCUT2D eigenvalue weighted by molar-refractivity contribution is 7.99. The second kappa shape index (κ2) is 6.24. The van der Waals surface area contributed by atoms with Crippen LogP contribution in [-0.4, -0.2) is 49.7 Å². The van der Waals surface area contributed by atoms with Crippen LogP contribution >= 0.6 is 11.8 Å². The van der Waals surface area contributed by atoms with Gasteiger partial charge in [-0.15, -0.1) is 0 Å². The molecule has 5 nitrogen and oxygen atoms in total. The van der Waals surface area contributed by atoms with E-state index in [1.165, 1.54) is 0 Å². The normalized spacial score (nSPS) is 20.1. The van der Waals surface area contributed by atoms with Gasteiger partial charge in [-0.1, -0.05) is 0 Å². The number of hydrogen-bond acceptors (Lipinski definition) is 4. The van der Waals surface area contributed by atoms with E-state index in [4.69, 9.17) is 0 Å². The van der Waals surface area contributed by atoms with Crippen LogP contribution in [0.5, 0.6) is 0 Å². The van der Waals surface area contributed by atoms with E-state index in [0.29, 0.717) is 18.7 Å². The molecule has 1 amide bonds. The van der Waals surface area contributed by atoms with Gasteiger partial charge in [0.15, 0.2) is 0 Å². The lowest BCUT2D eigenvalue weighted by Crippen LogP contribution is -2.45. The van der Waals surface area contributed by atoms with Crippen molar-refractivity contribution < 1.29 is 9.90 Å². The molecular formula is C12H19N3O2S. The molecule has 0 spiro atoms. The highest BCUT2D eigenvalue weighted by Crippen LogP contribution is 2.16. The summed E-state index contributed by atoms with van der Waals surface area (Å²) in [6, 6.07) is 0. The summed E-state index contributed by atoms with van der Waals surface area (Å²) in [5, 5.41) is 9.74. The first-order valence-corrected chi connectivity index (χ1v) is 7.37. The van der Waals surface area contributed by atoms with Gasteiger partial charge in [0.25, 0.3) is 0 Å². The van der Waals surface area contributed by atoms with E-state index >= 15 is 0 Å². The summed E-state index contributed by atoms with van der Waals surface area (Å²) < 4.78 is 2.04. The highest BCUT2D eigenvalue weighted by atomic mass is 32.2. The fraction of sp³-hybridized carbons (Fsp3) is 0.667. The van der Waals surface area contributed by atoms with E-state index in [0.717, 1.165) is 24.5 Å². The number of amides is 1. The van der Waals surface area contributed by atoms with Crippen LogP contribution in [0.4, 0.5) is 0 Å². The Labute approximate surface area is 111 Å². The minimum absolute atomic E-state index is 0.0561. The molecule has 1 atom stereocenters.